The highest BCUT2D eigenvalue weighted by atomic mass is 35.5. The molecule has 0 amide bonds. The van der Waals surface area contributed by atoms with Gasteiger partial charge in [0.05, 0.1) is 11.2 Å². The number of anilines is 1. The molecule has 0 fully saturated rings. The van der Waals surface area contributed by atoms with Gasteiger partial charge < -0.3 is 5.11 Å². The molecular weight excluding hydrogens is 314 g/mol. The van der Waals surface area contributed by atoms with Crippen LogP contribution in [0.3, 0.4) is 0 Å². The Balaban J connectivity index is 2.34. The number of halogens is 1. The predicted octanol–water partition coefficient (Wildman–Crippen LogP) is 1.63. The van der Waals surface area contributed by atoms with Crippen molar-refractivity contribution in [1.82, 2.24) is 9.78 Å². The Morgan fingerprint density at radius 2 is 2.21 bits per heavy atom. The van der Waals surface area contributed by atoms with Crippen molar-refractivity contribution in [2.24, 2.45) is 7.05 Å². The van der Waals surface area contributed by atoms with Gasteiger partial charge in [-0.1, -0.05) is 11.6 Å². The van der Waals surface area contributed by atoms with Crippen molar-refractivity contribution in [3.8, 4) is 0 Å². The minimum atomic E-state index is -3.91. The maximum absolute atomic E-state index is 12.1. The largest absolute Gasteiger partial charge is 0.477 e. The maximum atomic E-state index is 12.1. The zero-order valence-electron chi connectivity index (χ0n) is 9.49. The molecule has 7 nitrogen and oxygen atoms in total. The van der Waals surface area contributed by atoms with Gasteiger partial charge in [-0.3, -0.25) is 9.40 Å². The standard InChI is InChI=1S/C9H8ClN3O4S2/c1-13-8(5(10)4-11-13)19(16,17)12-7-3-2-6(18-7)9(14)15/h2-4,12H,1H3,(H,14,15). The topological polar surface area (TPSA) is 101 Å². The second-order valence-corrected chi connectivity index (χ2v) is 6.58. The number of carboxylic acids is 1. The van der Waals surface area contributed by atoms with Gasteiger partial charge in [0.1, 0.15) is 9.88 Å². The summed E-state index contributed by atoms with van der Waals surface area (Å²) in [5.74, 6) is -1.12. The monoisotopic (exact) mass is 321 g/mol. The van der Waals surface area contributed by atoms with Crippen molar-refractivity contribution in [1.29, 1.82) is 0 Å². The summed E-state index contributed by atoms with van der Waals surface area (Å²) in [4.78, 5) is 10.8. The fourth-order valence-electron chi connectivity index (χ4n) is 1.39. The Morgan fingerprint density at radius 3 is 2.68 bits per heavy atom. The third-order valence-electron chi connectivity index (χ3n) is 2.15. The Morgan fingerprint density at radius 1 is 1.53 bits per heavy atom. The highest BCUT2D eigenvalue weighted by molar-refractivity contribution is 7.93. The lowest BCUT2D eigenvalue weighted by Gasteiger charge is -2.06. The van der Waals surface area contributed by atoms with Gasteiger partial charge in [0.25, 0.3) is 10.0 Å². The second kappa shape index (κ2) is 4.83. The van der Waals surface area contributed by atoms with E-state index in [4.69, 9.17) is 16.7 Å². The molecule has 2 heterocycles. The van der Waals surface area contributed by atoms with Crippen LogP contribution < -0.4 is 4.72 Å². The summed E-state index contributed by atoms with van der Waals surface area (Å²) < 4.78 is 27.6. The van der Waals surface area contributed by atoms with Crippen LogP contribution in [-0.2, 0) is 17.1 Å². The highest BCUT2D eigenvalue weighted by Crippen LogP contribution is 2.27. The van der Waals surface area contributed by atoms with E-state index in [0.29, 0.717) is 0 Å². The summed E-state index contributed by atoms with van der Waals surface area (Å²) >= 11 is 6.57. The zero-order chi connectivity index (χ0) is 14.2. The number of aromatic carboxylic acids is 1. The normalized spacial score (nSPS) is 11.5. The SMILES string of the molecule is Cn1ncc(Cl)c1S(=O)(=O)Nc1ccc(C(=O)O)s1. The summed E-state index contributed by atoms with van der Waals surface area (Å²) in [5.41, 5.74) is 0. The number of hydrogen-bond acceptors (Lipinski definition) is 5. The molecule has 0 aromatic carbocycles. The quantitative estimate of drug-likeness (QED) is 0.891. The molecule has 0 aliphatic rings. The number of nitrogens with zero attached hydrogens (tertiary/aromatic N) is 2. The van der Waals surface area contributed by atoms with Crippen LogP contribution >= 0.6 is 22.9 Å². The molecule has 0 atom stereocenters. The van der Waals surface area contributed by atoms with Crippen molar-refractivity contribution in [3.05, 3.63) is 28.2 Å². The van der Waals surface area contributed by atoms with Crippen LogP contribution in [0.2, 0.25) is 5.02 Å². The van der Waals surface area contributed by atoms with E-state index in [-0.39, 0.29) is 19.9 Å². The van der Waals surface area contributed by atoms with Crippen LogP contribution in [0.5, 0.6) is 0 Å². The first-order valence-electron chi connectivity index (χ1n) is 4.84. The van der Waals surface area contributed by atoms with E-state index in [1.165, 1.54) is 25.4 Å². The van der Waals surface area contributed by atoms with Crippen LogP contribution in [-0.4, -0.2) is 29.3 Å². The van der Waals surface area contributed by atoms with Gasteiger partial charge in [0.15, 0.2) is 5.03 Å². The third kappa shape index (κ3) is 2.72. The fourth-order valence-corrected chi connectivity index (χ4v) is 4.09. The molecule has 0 saturated carbocycles. The summed E-state index contributed by atoms with van der Waals surface area (Å²) in [6, 6.07) is 2.69. The molecule has 0 spiro atoms. The third-order valence-corrected chi connectivity index (χ3v) is 5.14. The summed E-state index contributed by atoms with van der Waals surface area (Å²) in [5, 5.41) is 12.5. The number of aromatic nitrogens is 2. The molecule has 0 bridgehead atoms. The number of thiophene rings is 1. The van der Waals surface area contributed by atoms with Crippen molar-refractivity contribution in [3.63, 3.8) is 0 Å². The molecule has 0 aliphatic carbocycles. The zero-order valence-corrected chi connectivity index (χ0v) is 11.9. The van der Waals surface area contributed by atoms with Gasteiger partial charge in [-0.05, 0) is 12.1 Å². The van der Waals surface area contributed by atoms with Crippen LogP contribution in [0.1, 0.15) is 9.67 Å². The lowest BCUT2D eigenvalue weighted by Crippen LogP contribution is -2.16. The Hall–Kier alpha value is -1.58. The van der Waals surface area contributed by atoms with Gasteiger partial charge in [0, 0.05) is 7.05 Å². The molecule has 102 valence electrons. The van der Waals surface area contributed by atoms with E-state index >= 15 is 0 Å². The lowest BCUT2D eigenvalue weighted by molar-refractivity contribution is 0.0702. The van der Waals surface area contributed by atoms with Gasteiger partial charge >= 0.3 is 5.97 Å². The molecule has 0 saturated heterocycles. The van der Waals surface area contributed by atoms with Gasteiger partial charge in [-0.15, -0.1) is 11.3 Å². The average molecular weight is 322 g/mol. The first-order valence-corrected chi connectivity index (χ1v) is 7.52. The van der Waals surface area contributed by atoms with Crippen molar-refractivity contribution < 1.29 is 18.3 Å². The summed E-state index contributed by atoms with van der Waals surface area (Å²) in [6.45, 7) is 0. The van der Waals surface area contributed by atoms with Gasteiger partial charge in [0.2, 0.25) is 0 Å². The van der Waals surface area contributed by atoms with E-state index in [9.17, 15) is 13.2 Å². The average Bonchev–Trinajstić information content (AvgIpc) is 2.85. The van der Waals surface area contributed by atoms with Crippen LogP contribution in [0.25, 0.3) is 0 Å². The molecule has 2 rings (SSSR count). The van der Waals surface area contributed by atoms with Crippen molar-refractivity contribution >= 4 is 43.9 Å². The Labute approximate surface area is 117 Å². The molecule has 2 aromatic rings. The number of hydrogen-bond donors (Lipinski definition) is 2. The molecular formula is C9H8ClN3O4S2. The first-order chi connectivity index (χ1) is 8.81. The minimum Gasteiger partial charge on any atom is -0.477 e. The maximum Gasteiger partial charge on any atom is 0.345 e. The van der Waals surface area contributed by atoms with Gasteiger partial charge in [-0.2, -0.15) is 13.5 Å². The summed E-state index contributed by atoms with van der Waals surface area (Å²) in [7, 11) is -2.47. The number of carbonyl (C=O) groups is 1. The predicted molar refractivity (Wildman–Crippen MR) is 70.3 cm³/mol. The molecule has 10 heteroatoms. The number of aryl methyl sites for hydroxylation is 1. The van der Waals surface area contributed by atoms with E-state index in [2.05, 4.69) is 9.82 Å². The smallest absolute Gasteiger partial charge is 0.345 e. The number of rotatable bonds is 4. The molecule has 2 aromatic heterocycles. The molecule has 2 N–H and O–H groups in total. The number of sulfonamides is 1. The fraction of sp³-hybridized carbons (Fsp3) is 0.111. The van der Waals surface area contributed by atoms with Crippen LogP contribution in [0, 0.1) is 0 Å². The van der Waals surface area contributed by atoms with Crippen LogP contribution in [0.15, 0.2) is 23.4 Å². The second-order valence-electron chi connectivity index (χ2n) is 3.50. The highest BCUT2D eigenvalue weighted by Gasteiger charge is 2.23. The molecule has 19 heavy (non-hydrogen) atoms. The molecule has 0 unspecified atom stereocenters. The Kier molecular flexibility index (Phi) is 3.52. The Bertz CT molecular complexity index is 715. The van der Waals surface area contributed by atoms with Gasteiger partial charge in [-0.25, -0.2) is 4.79 Å². The summed E-state index contributed by atoms with van der Waals surface area (Å²) in [6.07, 6.45) is 1.22. The lowest BCUT2D eigenvalue weighted by atomic mass is 10.5. The van der Waals surface area contributed by atoms with E-state index in [1.807, 2.05) is 0 Å². The number of carboxylic acid groups (broad SMARTS) is 1. The number of nitrogens with one attached hydrogen (secondary N) is 1. The van der Waals surface area contributed by atoms with E-state index in [0.717, 1.165) is 16.0 Å². The van der Waals surface area contributed by atoms with E-state index in [1.54, 1.807) is 0 Å². The molecule has 0 aliphatic heterocycles. The van der Waals surface area contributed by atoms with Crippen LogP contribution in [0.4, 0.5) is 5.00 Å². The van der Waals surface area contributed by atoms with E-state index < -0.39 is 16.0 Å². The van der Waals surface area contributed by atoms with Crippen molar-refractivity contribution in [2.45, 2.75) is 5.03 Å². The van der Waals surface area contributed by atoms with Crippen molar-refractivity contribution in [2.75, 3.05) is 4.72 Å². The molecule has 0 radical (unpaired) electrons. The minimum absolute atomic E-state index is 0.00925. The first kappa shape index (κ1) is 13.8.